The molecule has 0 radical (unpaired) electrons. The number of aromatic nitrogens is 8. The van der Waals surface area contributed by atoms with Gasteiger partial charge in [-0.3, -0.25) is 9.13 Å². The Hall–Kier alpha value is -9.92. The molecule has 0 aliphatic heterocycles. The number of pyridine rings is 1. The van der Waals surface area contributed by atoms with E-state index in [1.54, 1.807) is 0 Å². The number of hydrogen-bond acceptors (Lipinski definition) is 4. The number of nitrogens with zero attached hydrogens (tertiary/aromatic N) is 8. The zero-order chi connectivity index (χ0) is 49.8. The van der Waals surface area contributed by atoms with Crippen molar-refractivity contribution in [3.63, 3.8) is 0 Å². The third-order valence-electron chi connectivity index (χ3n) is 15.8. The number of para-hydroxylation sites is 6. The summed E-state index contributed by atoms with van der Waals surface area (Å²) in [5.74, 6) is 3.19. The van der Waals surface area contributed by atoms with Crippen LogP contribution in [-0.4, -0.2) is 38.2 Å². The van der Waals surface area contributed by atoms with E-state index in [4.69, 9.17) is 19.9 Å². The zero-order valence-corrected chi connectivity index (χ0v) is 41.3. The van der Waals surface area contributed by atoms with Crippen LogP contribution in [0.25, 0.3) is 135 Å². The van der Waals surface area contributed by atoms with Crippen molar-refractivity contribution in [1.82, 2.24) is 38.2 Å². The molecule has 0 spiro atoms. The van der Waals surface area contributed by atoms with Crippen LogP contribution in [0.1, 0.15) is 35.4 Å². The predicted octanol–water partition coefficient (Wildman–Crippen LogP) is 16.3. The van der Waals surface area contributed by atoms with Crippen molar-refractivity contribution in [2.24, 2.45) is 0 Å². The van der Waals surface area contributed by atoms with E-state index < -0.39 is 0 Å². The van der Waals surface area contributed by atoms with Crippen LogP contribution in [0.15, 0.2) is 218 Å². The fourth-order valence-corrected chi connectivity index (χ4v) is 12.6. The summed E-state index contributed by atoms with van der Waals surface area (Å²) >= 11 is 0. The molecule has 358 valence electrons. The Balaban J connectivity index is 1.23. The van der Waals surface area contributed by atoms with Gasteiger partial charge in [0, 0.05) is 49.1 Å². The van der Waals surface area contributed by atoms with Gasteiger partial charge in [0.15, 0.2) is 29.1 Å². The minimum Gasteiger partial charge on any atom is -0.305 e. The van der Waals surface area contributed by atoms with E-state index in [0.717, 1.165) is 131 Å². The van der Waals surface area contributed by atoms with Gasteiger partial charge >= 0.3 is 0 Å². The van der Waals surface area contributed by atoms with Gasteiger partial charge in [-0.15, -0.1) is 0 Å². The van der Waals surface area contributed by atoms with E-state index in [2.05, 4.69) is 237 Å². The SMILES string of the molecule is C1=Cc2c(c3ccccc3n2-c2nc(-n3c4ccccc4c4ccccc43)c(-n3c4ccccc4c4ccccc43)c(-c3nc(-c4ccccc4)nc(-c4ccccc4)n3)c2-n2c3c(c4ccccc42)CCC=C3)CC1. The molecule has 0 fully saturated rings. The van der Waals surface area contributed by atoms with E-state index >= 15 is 0 Å². The molecule has 0 saturated heterocycles. The Bertz CT molecular complexity index is 4590. The van der Waals surface area contributed by atoms with Gasteiger partial charge in [-0.05, 0) is 85.4 Å². The second-order valence-corrected chi connectivity index (χ2v) is 19.9. The Morgan fingerprint density at radius 2 is 0.632 bits per heavy atom. The first kappa shape index (κ1) is 42.6. The summed E-state index contributed by atoms with van der Waals surface area (Å²) in [6.45, 7) is 0. The lowest BCUT2D eigenvalue weighted by atomic mass is 10.0. The molecule has 2 aliphatic carbocycles. The third kappa shape index (κ3) is 6.24. The summed E-state index contributed by atoms with van der Waals surface area (Å²) in [6, 6.07) is 73.5. The van der Waals surface area contributed by atoms with Gasteiger partial charge in [0.2, 0.25) is 0 Å². The van der Waals surface area contributed by atoms with E-state index in [1.165, 1.54) is 21.9 Å². The van der Waals surface area contributed by atoms with Crippen molar-refractivity contribution >= 4 is 77.6 Å². The van der Waals surface area contributed by atoms with E-state index in [1.807, 2.05) is 12.1 Å². The monoisotopic (exact) mass is 974 g/mol. The molecule has 8 aromatic carbocycles. The first-order chi connectivity index (χ1) is 37.8. The standard InChI is InChI=1S/C68H46N8/c1-3-23-43(24-4-1)64-69-65(44-25-5-2-6-26-44)71-66(70-64)61-62(73-53-35-15-7-27-45(53)46-28-8-16-36-54(46)73)67(75-57-39-19-11-31-49(57)50-32-12-20-40-58(50)75)72-68(76-59-41-21-13-33-51(59)52-34-14-22-42-60(52)76)63(61)74-55-37-17-9-29-47(55)48-30-10-18-38-56(48)74/h1-9,11-13,15-29,31-33,35-42H,10,14,30,34H2. The number of allylic oxidation sites excluding steroid dienone is 2. The normalized spacial score (nSPS) is 13.2. The van der Waals surface area contributed by atoms with Crippen LogP contribution >= 0.6 is 0 Å². The van der Waals surface area contributed by atoms with E-state index in [-0.39, 0.29) is 0 Å². The minimum atomic E-state index is 0.525. The number of hydrogen-bond donors (Lipinski definition) is 0. The molecule has 8 heteroatoms. The first-order valence-electron chi connectivity index (χ1n) is 26.3. The molecule has 6 heterocycles. The molecule has 76 heavy (non-hydrogen) atoms. The van der Waals surface area contributed by atoms with Gasteiger partial charge in [-0.2, -0.15) is 0 Å². The molecule has 6 aromatic heterocycles. The van der Waals surface area contributed by atoms with Crippen LogP contribution in [0.2, 0.25) is 0 Å². The van der Waals surface area contributed by atoms with E-state index in [0.29, 0.717) is 17.5 Å². The van der Waals surface area contributed by atoms with Gasteiger partial charge in [-0.1, -0.05) is 182 Å². The summed E-state index contributed by atoms with van der Waals surface area (Å²) in [5, 5.41) is 6.99. The van der Waals surface area contributed by atoms with Gasteiger partial charge in [-0.25, -0.2) is 19.9 Å². The quantitative estimate of drug-likeness (QED) is 0.160. The maximum Gasteiger partial charge on any atom is 0.168 e. The molecule has 16 rings (SSSR count). The molecule has 2 aliphatic rings. The molecule has 0 N–H and O–H groups in total. The van der Waals surface area contributed by atoms with Crippen LogP contribution in [0.5, 0.6) is 0 Å². The minimum absolute atomic E-state index is 0.525. The second kappa shape index (κ2) is 16.8. The van der Waals surface area contributed by atoms with Crippen molar-refractivity contribution in [1.29, 1.82) is 0 Å². The summed E-state index contributed by atoms with van der Waals surface area (Å²) in [5.41, 5.74) is 15.5. The fraction of sp³-hybridized carbons (Fsp3) is 0.0588. The Labute approximate surface area is 437 Å². The van der Waals surface area contributed by atoms with Crippen LogP contribution in [0.4, 0.5) is 0 Å². The van der Waals surface area contributed by atoms with Crippen LogP contribution < -0.4 is 0 Å². The average molecular weight is 975 g/mol. The number of benzene rings is 8. The predicted molar refractivity (Wildman–Crippen MR) is 311 cm³/mol. The summed E-state index contributed by atoms with van der Waals surface area (Å²) in [7, 11) is 0. The Kier molecular flexibility index (Phi) is 9.42. The fourth-order valence-electron chi connectivity index (χ4n) is 12.6. The van der Waals surface area contributed by atoms with Crippen molar-refractivity contribution in [3.05, 3.63) is 241 Å². The molecule has 0 bridgehead atoms. The zero-order valence-electron chi connectivity index (χ0n) is 41.3. The van der Waals surface area contributed by atoms with Crippen molar-refractivity contribution in [2.45, 2.75) is 25.7 Å². The lowest BCUT2D eigenvalue weighted by Gasteiger charge is -2.27. The average Bonchev–Trinajstić information content (AvgIpc) is 4.40. The Morgan fingerprint density at radius 1 is 0.289 bits per heavy atom. The highest BCUT2D eigenvalue weighted by atomic mass is 15.2. The van der Waals surface area contributed by atoms with Gasteiger partial charge in [0.05, 0.1) is 44.4 Å². The van der Waals surface area contributed by atoms with Crippen LogP contribution in [0, 0.1) is 0 Å². The molecule has 0 saturated carbocycles. The van der Waals surface area contributed by atoms with Crippen molar-refractivity contribution < 1.29 is 0 Å². The molecule has 0 atom stereocenters. The maximum absolute atomic E-state index is 6.40. The van der Waals surface area contributed by atoms with Crippen molar-refractivity contribution in [3.8, 4) is 57.2 Å². The van der Waals surface area contributed by atoms with Gasteiger partial charge in [0.25, 0.3) is 0 Å². The van der Waals surface area contributed by atoms with E-state index in [9.17, 15) is 0 Å². The van der Waals surface area contributed by atoms with Gasteiger partial charge < -0.3 is 9.13 Å². The second-order valence-electron chi connectivity index (χ2n) is 19.9. The highest BCUT2D eigenvalue weighted by Crippen LogP contribution is 2.49. The smallest absolute Gasteiger partial charge is 0.168 e. The van der Waals surface area contributed by atoms with Gasteiger partial charge in [0.1, 0.15) is 11.4 Å². The molecule has 8 nitrogen and oxygen atoms in total. The lowest BCUT2D eigenvalue weighted by Crippen LogP contribution is -2.18. The summed E-state index contributed by atoms with van der Waals surface area (Å²) in [6.07, 6.45) is 13.0. The lowest BCUT2D eigenvalue weighted by molar-refractivity contribution is 0.903. The summed E-state index contributed by atoms with van der Waals surface area (Å²) in [4.78, 5) is 23.3. The molecular formula is C68H46N8. The summed E-state index contributed by atoms with van der Waals surface area (Å²) < 4.78 is 9.78. The highest BCUT2D eigenvalue weighted by molar-refractivity contribution is 6.13. The van der Waals surface area contributed by atoms with Crippen LogP contribution in [0.3, 0.4) is 0 Å². The van der Waals surface area contributed by atoms with Crippen LogP contribution in [-0.2, 0) is 12.8 Å². The maximum atomic E-state index is 6.40. The largest absolute Gasteiger partial charge is 0.305 e. The molecule has 0 unspecified atom stereocenters. The Morgan fingerprint density at radius 3 is 1.11 bits per heavy atom. The molecular weight excluding hydrogens is 929 g/mol. The molecule has 0 amide bonds. The number of fused-ring (bicyclic) bond motifs is 12. The first-order valence-corrected chi connectivity index (χ1v) is 26.3. The number of rotatable bonds is 7. The highest BCUT2D eigenvalue weighted by Gasteiger charge is 2.35. The third-order valence-corrected chi connectivity index (χ3v) is 15.8. The van der Waals surface area contributed by atoms with Crippen molar-refractivity contribution in [2.75, 3.05) is 0 Å². The topological polar surface area (TPSA) is 71.3 Å². The molecule has 14 aromatic rings. The number of aryl methyl sites for hydroxylation is 2.